The third kappa shape index (κ3) is 8.02. The molecular formula is C39H42O. The van der Waals surface area contributed by atoms with Gasteiger partial charge < -0.3 is 0 Å². The summed E-state index contributed by atoms with van der Waals surface area (Å²) in [7, 11) is 0. The van der Waals surface area contributed by atoms with Crippen LogP contribution in [-0.2, 0) is 12.8 Å². The highest BCUT2D eigenvalue weighted by molar-refractivity contribution is 5.96. The Morgan fingerprint density at radius 2 is 1.48 bits per heavy atom. The molecule has 0 saturated heterocycles. The lowest BCUT2D eigenvalue weighted by Crippen LogP contribution is -2.01. The standard InChI is InChI=1S/C39H42O/c1-29(2)14-11-23-38(40)36-21-12-20-35(28-36)30(3)25-27-34-19-13-22-37(33-17-9-6-10-18-33)39(34)31(4)24-26-32-15-7-5-8-16-32/h5-10,12-13,15-22,25,28-29H,4,11,14,23-24,26-27H2,1-3H3. The van der Waals surface area contributed by atoms with E-state index in [1.807, 2.05) is 12.1 Å². The molecule has 0 aromatic heterocycles. The van der Waals surface area contributed by atoms with Crippen molar-refractivity contribution in [2.24, 2.45) is 5.92 Å². The van der Waals surface area contributed by atoms with E-state index < -0.39 is 0 Å². The van der Waals surface area contributed by atoms with Crippen molar-refractivity contribution in [1.29, 1.82) is 0 Å². The second-order valence-electron chi connectivity index (χ2n) is 11.2. The SMILES string of the molecule is C=C(CCc1ccccc1)c1c(CC=C(C)c2cccc(C(=O)CCCC(C)C)c2)cccc1-c1ccccc1. The fourth-order valence-corrected chi connectivity index (χ4v) is 5.24. The van der Waals surface area contributed by atoms with Crippen molar-refractivity contribution in [3.05, 3.63) is 144 Å². The summed E-state index contributed by atoms with van der Waals surface area (Å²) in [4.78, 5) is 12.8. The molecule has 0 spiro atoms. The van der Waals surface area contributed by atoms with E-state index in [0.717, 1.165) is 43.2 Å². The Labute approximate surface area is 241 Å². The highest BCUT2D eigenvalue weighted by Gasteiger charge is 2.14. The van der Waals surface area contributed by atoms with Gasteiger partial charge in [0.15, 0.2) is 5.78 Å². The molecule has 0 fully saturated rings. The summed E-state index contributed by atoms with van der Waals surface area (Å²) in [5.41, 5.74) is 10.6. The summed E-state index contributed by atoms with van der Waals surface area (Å²) < 4.78 is 0. The summed E-state index contributed by atoms with van der Waals surface area (Å²) in [5.74, 6) is 0.867. The van der Waals surface area contributed by atoms with Gasteiger partial charge in [0.25, 0.3) is 0 Å². The van der Waals surface area contributed by atoms with Crippen LogP contribution in [0.5, 0.6) is 0 Å². The van der Waals surface area contributed by atoms with Crippen molar-refractivity contribution < 1.29 is 4.79 Å². The minimum atomic E-state index is 0.239. The van der Waals surface area contributed by atoms with Gasteiger partial charge in [-0.25, -0.2) is 0 Å². The highest BCUT2D eigenvalue weighted by atomic mass is 16.1. The van der Waals surface area contributed by atoms with Crippen molar-refractivity contribution in [3.8, 4) is 11.1 Å². The number of allylic oxidation sites excluding steroid dienone is 3. The van der Waals surface area contributed by atoms with Gasteiger partial charge in [0.05, 0.1) is 0 Å². The molecule has 4 aromatic carbocycles. The van der Waals surface area contributed by atoms with Crippen LogP contribution in [0.2, 0.25) is 0 Å². The van der Waals surface area contributed by atoms with Gasteiger partial charge >= 0.3 is 0 Å². The van der Waals surface area contributed by atoms with Crippen molar-refractivity contribution in [3.63, 3.8) is 0 Å². The van der Waals surface area contributed by atoms with Crippen LogP contribution in [0.3, 0.4) is 0 Å². The van der Waals surface area contributed by atoms with Crippen molar-refractivity contribution in [1.82, 2.24) is 0 Å². The smallest absolute Gasteiger partial charge is 0.162 e. The van der Waals surface area contributed by atoms with Gasteiger partial charge in [-0.3, -0.25) is 4.79 Å². The maximum Gasteiger partial charge on any atom is 0.162 e. The van der Waals surface area contributed by atoms with E-state index in [9.17, 15) is 4.79 Å². The summed E-state index contributed by atoms with van der Waals surface area (Å²) >= 11 is 0. The fourth-order valence-electron chi connectivity index (χ4n) is 5.24. The topological polar surface area (TPSA) is 17.1 Å². The van der Waals surface area contributed by atoms with Crippen molar-refractivity contribution >= 4 is 16.9 Å². The molecule has 4 rings (SSSR count). The molecule has 0 aliphatic rings. The zero-order valence-electron chi connectivity index (χ0n) is 24.3. The Bertz CT molecular complexity index is 1440. The van der Waals surface area contributed by atoms with Crippen LogP contribution < -0.4 is 0 Å². The number of hydrogen-bond acceptors (Lipinski definition) is 1. The third-order valence-corrected chi connectivity index (χ3v) is 7.60. The minimum Gasteiger partial charge on any atom is -0.294 e. The van der Waals surface area contributed by atoms with E-state index in [-0.39, 0.29) is 5.78 Å². The molecule has 0 bridgehead atoms. The molecule has 0 N–H and O–H groups in total. The predicted molar refractivity (Wildman–Crippen MR) is 172 cm³/mol. The molecule has 0 saturated carbocycles. The molecule has 204 valence electrons. The van der Waals surface area contributed by atoms with Crippen molar-refractivity contribution in [2.45, 2.75) is 59.3 Å². The summed E-state index contributed by atoms with van der Waals surface area (Å²) in [5, 5.41) is 0. The van der Waals surface area contributed by atoms with Gasteiger partial charge in [0, 0.05) is 12.0 Å². The van der Waals surface area contributed by atoms with Gasteiger partial charge in [-0.15, -0.1) is 0 Å². The zero-order valence-corrected chi connectivity index (χ0v) is 24.3. The van der Waals surface area contributed by atoms with Crippen LogP contribution in [0.1, 0.15) is 79.1 Å². The number of ketones is 1. The van der Waals surface area contributed by atoms with Gasteiger partial charge in [-0.05, 0) is 89.1 Å². The molecule has 0 radical (unpaired) electrons. The first kappa shape index (κ1) is 29.0. The highest BCUT2D eigenvalue weighted by Crippen LogP contribution is 2.34. The number of hydrogen-bond donors (Lipinski definition) is 0. The summed E-state index contributed by atoms with van der Waals surface area (Å²) in [6.07, 6.45) is 7.62. The average molecular weight is 527 g/mol. The lowest BCUT2D eigenvalue weighted by molar-refractivity contribution is 0.0978. The molecule has 0 heterocycles. The first-order chi connectivity index (χ1) is 19.4. The number of carbonyl (C=O) groups excluding carboxylic acids is 1. The predicted octanol–water partition coefficient (Wildman–Crippen LogP) is 10.7. The molecule has 0 atom stereocenters. The van der Waals surface area contributed by atoms with Gasteiger partial charge in [-0.2, -0.15) is 0 Å². The monoisotopic (exact) mass is 526 g/mol. The fraction of sp³-hybridized carbons (Fsp3) is 0.256. The number of benzene rings is 4. The van der Waals surface area contributed by atoms with E-state index in [1.165, 1.54) is 39.0 Å². The van der Waals surface area contributed by atoms with Crippen LogP contribution >= 0.6 is 0 Å². The Kier molecular flexibility index (Phi) is 10.5. The first-order valence-electron chi connectivity index (χ1n) is 14.6. The van der Waals surface area contributed by atoms with Crippen LogP contribution in [0.4, 0.5) is 0 Å². The maximum atomic E-state index is 12.8. The molecule has 1 heteroatoms. The second-order valence-corrected chi connectivity index (χ2v) is 11.2. The number of rotatable bonds is 13. The molecule has 4 aromatic rings. The Morgan fingerprint density at radius 1 is 0.800 bits per heavy atom. The minimum absolute atomic E-state index is 0.239. The first-order valence-corrected chi connectivity index (χ1v) is 14.6. The largest absolute Gasteiger partial charge is 0.294 e. The lowest BCUT2D eigenvalue weighted by Gasteiger charge is -2.17. The molecule has 40 heavy (non-hydrogen) atoms. The van der Waals surface area contributed by atoms with Crippen LogP contribution in [0, 0.1) is 5.92 Å². The third-order valence-electron chi connectivity index (χ3n) is 7.60. The number of Topliss-reactive ketones (excluding diaryl/α,β-unsaturated/α-hetero) is 1. The zero-order chi connectivity index (χ0) is 28.3. The quantitative estimate of drug-likeness (QED) is 0.158. The van der Waals surface area contributed by atoms with E-state index >= 15 is 0 Å². The van der Waals surface area contributed by atoms with E-state index in [4.69, 9.17) is 0 Å². The van der Waals surface area contributed by atoms with E-state index in [1.54, 1.807) is 0 Å². The van der Waals surface area contributed by atoms with E-state index in [2.05, 4.69) is 124 Å². The Hall–Kier alpha value is -3.97. The Morgan fingerprint density at radius 3 is 2.20 bits per heavy atom. The second kappa shape index (κ2) is 14.4. The number of carbonyl (C=O) groups is 1. The molecule has 0 amide bonds. The molecule has 0 aliphatic carbocycles. The number of aryl methyl sites for hydroxylation is 1. The molecule has 1 nitrogen and oxygen atoms in total. The normalized spacial score (nSPS) is 11.6. The summed E-state index contributed by atoms with van der Waals surface area (Å²) in [6, 6.07) is 36.0. The van der Waals surface area contributed by atoms with Crippen LogP contribution in [0.25, 0.3) is 22.3 Å². The molecule has 0 aliphatic heterocycles. The van der Waals surface area contributed by atoms with E-state index in [0.29, 0.717) is 12.3 Å². The average Bonchev–Trinajstić information content (AvgIpc) is 2.99. The Balaban J connectivity index is 1.58. The van der Waals surface area contributed by atoms with Gasteiger partial charge in [0.1, 0.15) is 0 Å². The lowest BCUT2D eigenvalue weighted by atomic mass is 9.87. The summed E-state index contributed by atoms with van der Waals surface area (Å²) in [6.45, 7) is 11.1. The van der Waals surface area contributed by atoms with Gasteiger partial charge in [-0.1, -0.05) is 130 Å². The van der Waals surface area contributed by atoms with Crippen LogP contribution in [-0.4, -0.2) is 5.78 Å². The van der Waals surface area contributed by atoms with Crippen LogP contribution in [0.15, 0.2) is 116 Å². The van der Waals surface area contributed by atoms with Gasteiger partial charge in [0.2, 0.25) is 0 Å². The molecular weight excluding hydrogens is 484 g/mol. The molecule has 0 unspecified atom stereocenters. The van der Waals surface area contributed by atoms with Crippen molar-refractivity contribution in [2.75, 3.05) is 0 Å². The maximum absolute atomic E-state index is 12.8.